The molecule has 0 bridgehead atoms. The molecule has 2 fully saturated rings. The van der Waals surface area contributed by atoms with Crippen molar-refractivity contribution in [2.75, 3.05) is 26.7 Å². The molecule has 5 nitrogen and oxygen atoms in total. The van der Waals surface area contributed by atoms with Gasteiger partial charge in [-0.25, -0.2) is 0 Å². The summed E-state index contributed by atoms with van der Waals surface area (Å²) in [6.45, 7) is 3.85. The third-order valence-electron chi connectivity index (χ3n) is 6.55. The van der Waals surface area contributed by atoms with Gasteiger partial charge in [-0.3, -0.25) is 9.59 Å². The van der Waals surface area contributed by atoms with Gasteiger partial charge in [0.2, 0.25) is 11.8 Å². The lowest BCUT2D eigenvalue weighted by molar-refractivity contribution is -0.142. The lowest BCUT2D eigenvalue weighted by Gasteiger charge is -2.42. The number of amides is 2. The van der Waals surface area contributed by atoms with Crippen LogP contribution in [-0.2, 0) is 16.0 Å². The molecule has 1 aliphatic carbocycles. The molecule has 5 heteroatoms. The minimum absolute atomic E-state index is 0.0718. The number of nitrogens with one attached hydrogen (secondary N) is 1. The quantitative estimate of drug-likeness (QED) is 0.735. The summed E-state index contributed by atoms with van der Waals surface area (Å²) in [4.78, 5) is 27.8. The Hall–Kier alpha value is -2.82. The lowest BCUT2D eigenvalue weighted by Crippen LogP contribution is -2.54. The van der Waals surface area contributed by atoms with E-state index in [9.17, 15) is 9.59 Å². The summed E-state index contributed by atoms with van der Waals surface area (Å²) in [5.41, 5.74) is 2.84. The number of likely N-dealkylation sites (tertiary alicyclic amines) is 1. The molecule has 0 aromatic heterocycles. The summed E-state index contributed by atoms with van der Waals surface area (Å²) in [5.74, 6) is 1.34. The lowest BCUT2D eigenvalue weighted by atomic mass is 9.74. The molecule has 0 spiro atoms. The second-order valence-electron chi connectivity index (χ2n) is 8.88. The fourth-order valence-electron chi connectivity index (χ4n) is 4.66. The summed E-state index contributed by atoms with van der Waals surface area (Å²) < 4.78 is 5.24. The van der Waals surface area contributed by atoms with Crippen molar-refractivity contribution in [3.8, 4) is 16.9 Å². The van der Waals surface area contributed by atoms with Crippen LogP contribution in [0.4, 0.5) is 0 Å². The average molecular weight is 421 g/mol. The van der Waals surface area contributed by atoms with Crippen molar-refractivity contribution >= 4 is 11.8 Å². The van der Waals surface area contributed by atoms with E-state index in [1.807, 2.05) is 36.1 Å². The van der Waals surface area contributed by atoms with Crippen molar-refractivity contribution in [2.45, 2.75) is 39.0 Å². The number of methoxy groups -OCH3 is 1. The number of nitrogens with zero attached hydrogens (tertiary/aromatic N) is 1. The molecule has 1 atom stereocenters. The van der Waals surface area contributed by atoms with Crippen molar-refractivity contribution in [3.05, 3.63) is 54.1 Å². The van der Waals surface area contributed by atoms with Gasteiger partial charge in [0.1, 0.15) is 5.75 Å². The van der Waals surface area contributed by atoms with E-state index in [0.717, 1.165) is 54.7 Å². The molecule has 31 heavy (non-hydrogen) atoms. The third-order valence-corrected chi connectivity index (χ3v) is 6.55. The normalized spacial score (nSPS) is 20.9. The predicted octanol–water partition coefficient (Wildman–Crippen LogP) is 4.06. The van der Waals surface area contributed by atoms with E-state index < -0.39 is 5.41 Å². The van der Waals surface area contributed by atoms with E-state index in [1.165, 1.54) is 0 Å². The summed E-state index contributed by atoms with van der Waals surface area (Å²) in [7, 11) is 1.67. The Morgan fingerprint density at radius 1 is 1.06 bits per heavy atom. The summed E-state index contributed by atoms with van der Waals surface area (Å²) in [6, 6.07) is 16.5. The highest BCUT2D eigenvalue weighted by Crippen LogP contribution is 2.38. The standard InChI is InChI=1S/C26H32N2O3/c1-3-27-25(30)26(15-4-16-28(18-26)24(29)22-9-10-22)17-19-5-7-20(8-6-19)21-11-13-23(31-2)14-12-21/h5-8,11-14,22H,3-4,9-10,15-18H2,1-2H3,(H,27,30). The molecule has 1 N–H and O–H groups in total. The van der Waals surface area contributed by atoms with E-state index in [-0.39, 0.29) is 17.7 Å². The van der Waals surface area contributed by atoms with Crippen LogP contribution in [0.1, 0.15) is 38.2 Å². The van der Waals surface area contributed by atoms with Crippen LogP contribution in [0, 0.1) is 11.3 Å². The predicted molar refractivity (Wildman–Crippen MR) is 122 cm³/mol. The highest BCUT2D eigenvalue weighted by atomic mass is 16.5. The van der Waals surface area contributed by atoms with E-state index in [1.54, 1.807) is 7.11 Å². The summed E-state index contributed by atoms with van der Waals surface area (Å²) in [5, 5.41) is 3.04. The Kier molecular flexibility index (Phi) is 6.30. The molecule has 0 radical (unpaired) electrons. The van der Waals surface area contributed by atoms with E-state index in [4.69, 9.17) is 4.74 Å². The first-order valence-corrected chi connectivity index (χ1v) is 11.3. The van der Waals surface area contributed by atoms with Gasteiger partial charge >= 0.3 is 0 Å². The Labute approximate surface area is 184 Å². The first kappa shape index (κ1) is 21.4. The average Bonchev–Trinajstić information content (AvgIpc) is 3.65. The Bertz CT molecular complexity index is 919. The molecule has 1 heterocycles. The SMILES string of the molecule is CCNC(=O)C1(Cc2ccc(-c3ccc(OC)cc3)cc2)CCCN(C(=O)C2CC2)C1. The number of ether oxygens (including phenoxy) is 1. The van der Waals surface area contributed by atoms with Crippen molar-refractivity contribution in [1.29, 1.82) is 0 Å². The Balaban J connectivity index is 1.53. The topological polar surface area (TPSA) is 58.6 Å². The molecule has 1 saturated carbocycles. The van der Waals surface area contributed by atoms with Crippen molar-refractivity contribution in [1.82, 2.24) is 10.2 Å². The molecule has 1 saturated heterocycles. The second-order valence-corrected chi connectivity index (χ2v) is 8.88. The van der Waals surface area contributed by atoms with Gasteiger partial charge in [-0.1, -0.05) is 36.4 Å². The van der Waals surface area contributed by atoms with Crippen molar-refractivity contribution in [3.63, 3.8) is 0 Å². The number of carbonyl (C=O) groups is 2. The number of hydrogen-bond acceptors (Lipinski definition) is 3. The van der Waals surface area contributed by atoms with Gasteiger partial charge in [0.25, 0.3) is 0 Å². The van der Waals surface area contributed by atoms with E-state index >= 15 is 0 Å². The maximum atomic E-state index is 13.2. The zero-order valence-electron chi connectivity index (χ0n) is 18.5. The number of hydrogen-bond donors (Lipinski definition) is 1. The highest BCUT2D eigenvalue weighted by molar-refractivity contribution is 5.86. The van der Waals surface area contributed by atoms with Crippen molar-refractivity contribution < 1.29 is 14.3 Å². The number of piperidine rings is 1. The van der Waals surface area contributed by atoms with Crippen LogP contribution in [0.25, 0.3) is 11.1 Å². The van der Waals surface area contributed by atoms with Crippen LogP contribution in [0.5, 0.6) is 5.75 Å². The molecule has 2 aromatic carbocycles. The summed E-state index contributed by atoms with van der Waals surface area (Å²) in [6.07, 6.45) is 4.33. The van der Waals surface area contributed by atoms with E-state index in [2.05, 4.69) is 29.6 Å². The Morgan fingerprint density at radius 2 is 1.71 bits per heavy atom. The number of carbonyl (C=O) groups excluding carboxylic acids is 2. The van der Waals surface area contributed by atoms with Gasteiger partial charge in [0.05, 0.1) is 12.5 Å². The van der Waals surface area contributed by atoms with Crippen LogP contribution in [-0.4, -0.2) is 43.5 Å². The zero-order chi connectivity index (χ0) is 21.8. The van der Waals surface area contributed by atoms with Crippen molar-refractivity contribution in [2.24, 2.45) is 11.3 Å². The molecule has 164 valence electrons. The molecular weight excluding hydrogens is 388 g/mol. The maximum Gasteiger partial charge on any atom is 0.228 e. The number of rotatable bonds is 7. The first-order chi connectivity index (χ1) is 15.0. The van der Waals surface area contributed by atoms with Gasteiger partial charge in [0.15, 0.2) is 0 Å². The van der Waals surface area contributed by atoms with Gasteiger partial charge in [-0.15, -0.1) is 0 Å². The minimum Gasteiger partial charge on any atom is -0.497 e. The zero-order valence-corrected chi connectivity index (χ0v) is 18.5. The molecule has 2 aliphatic rings. The van der Waals surface area contributed by atoms with E-state index in [0.29, 0.717) is 19.5 Å². The minimum atomic E-state index is -0.555. The second kappa shape index (κ2) is 9.13. The fraction of sp³-hybridized carbons (Fsp3) is 0.462. The van der Waals surface area contributed by atoms with Crippen LogP contribution < -0.4 is 10.1 Å². The highest BCUT2D eigenvalue weighted by Gasteiger charge is 2.45. The molecule has 2 aromatic rings. The smallest absolute Gasteiger partial charge is 0.228 e. The molecule has 2 amide bonds. The van der Waals surface area contributed by atoms with Gasteiger partial charge < -0.3 is 15.0 Å². The largest absolute Gasteiger partial charge is 0.497 e. The molecule has 4 rings (SSSR count). The summed E-state index contributed by atoms with van der Waals surface area (Å²) >= 11 is 0. The van der Waals surface area contributed by atoms with Crippen LogP contribution in [0.2, 0.25) is 0 Å². The van der Waals surface area contributed by atoms with Crippen LogP contribution >= 0.6 is 0 Å². The molecule has 1 aliphatic heterocycles. The maximum absolute atomic E-state index is 13.2. The molecule has 1 unspecified atom stereocenters. The third kappa shape index (κ3) is 4.76. The van der Waals surface area contributed by atoms with Gasteiger partial charge in [-0.05, 0) is 67.9 Å². The first-order valence-electron chi connectivity index (χ1n) is 11.3. The fourth-order valence-corrected chi connectivity index (χ4v) is 4.66. The van der Waals surface area contributed by atoms with Gasteiger partial charge in [0, 0.05) is 25.6 Å². The van der Waals surface area contributed by atoms with Crippen LogP contribution in [0.15, 0.2) is 48.5 Å². The van der Waals surface area contributed by atoms with Gasteiger partial charge in [-0.2, -0.15) is 0 Å². The monoisotopic (exact) mass is 420 g/mol. The number of benzene rings is 2. The van der Waals surface area contributed by atoms with Crippen LogP contribution in [0.3, 0.4) is 0 Å². The molecular formula is C26H32N2O3. The Morgan fingerprint density at radius 3 is 2.29 bits per heavy atom.